The van der Waals surface area contributed by atoms with E-state index in [1.54, 1.807) is 0 Å². The summed E-state index contributed by atoms with van der Waals surface area (Å²) in [5.74, 6) is 0.747. The molecule has 0 aromatic rings. The highest BCUT2D eigenvalue weighted by molar-refractivity contribution is 7.80. The van der Waals surface area contributed by atoms with Crippen molar-refractivity contribution in [2.45, 2.75) is 6.92 Å². The third kappa shape index (κ3) is 1.65. The molecular weight excluding hydrogens is 128 g/mol. The SMILES string of the molecule is CC1=C=C=C(CS)C=C1. The molecule has 0 nitrogen and oxygen atoms in total. The van der Waals surface area contributed by atoms with Crippen LogP contribution < -0.4 is 0 Å². The lowest BCUT2D eigenvalue weighted by Crippen LogP contribution is -1.79. The van der Waals surface area contributed by atoms with Gasteiger partial charge >= 0.3 is 0 Å². The van der Waals surface area contributed by atoms with Gasteiger partial charge in [-0.1, -0.05) is 11.5 Å². The van der Waals surface area contributed by atoms with Crippen LogP contribution in [0.2, 0.25) is 0 Å². The number of rotatable bonds is 1. The molecule has 9 heavy (non-hydrogen) atoms. The van der Waals surface area contributed by atoms with Crippen molar-refractivity contribution in [3.8, 4) is 0 Å². The second-order valence-electron chi connectivity index (χ2n) is 1.95. The standard InChI is InChI=1S/C8H8S/c1-7-2-4-8(6-9)5-3-7/h2,4,9H,6H2,1H3. The van der Waals surface area contributed by atoms with Crippen LogP contribution in [0, 0.1) is 0 Å². The zero-order valence-corrected chi connectivity index (χ0v) is 6.20. The van der Waals surface area contributed by atoms with Crippen LogP contribution in [0.3, 0.4) is 0 Å². The van der Waals surface area contributed by atoms with Crippen molar-refractivity contribution in [2.24, 2.45) is 0 Å². The Morgan fingerprint density at radius 1 is 1.44 bits per heavy atom. The Morgan fingerprint density at radius 3 is 2.67 bits per heavy atom. The molecule has 0 saturated heterocycles. The molecule has 0 atom stereocenters. The highest BCUT2D eigenvalue weighted by Crippen LogP contribution is 2.04. The molecule has 0 spiro atoms. The van der Waals surface area contributed by atoms with E-state index in [4.69, 9.17) is 0 Å². The fraction of sp³-hybridized carbons (Fsp3) is 0.250. The zero-order valence-electron chi connectivity index (χ0n) is 5.31. The summed E-state index contributed by atoms with van der Waals surface area (Å²) in [7, 11) is 0. The Labute approximate surface area is 60.7 Å². The number of hydrogen-bond donors (Lipinski definition) is 1. The average molecular weight is 136 g/mol. The first-order chi connectivity index (χ1) is 4.33. The highest BCUT2D eigenvalue weighted by atomic mass is 32.1. The maximum atomic E-state index is 4.09. The molecule has 0 bridgehead atoms. The molecule has 1 heteroatoms. The van der Waals surface area contributed by atoms with Crippen LogP contribution in [0.5, 0.6) is 0 Å². The van der Waals surface area contributed by atoms with Crippen LogP contribution in [0.4, 0.5) is 0 Å². The van der Waals surface area contributed by atoms with E-state index in [1.807, 2.05) is 19.1 Å². The predicted octanol–water partition coefficient (Wildman–Crippen LogP) is 2.11. The second-order valence-corrected chi connectivity index (χ2v) is 2.27. The fourth-order valence-electron chi connectivity index (χ4n) is 0.580. The molecular formula is C8H8S. The van der Waals surface area contributed by atoms with E-state index >= 15 is 0 Å². The molecule has 0 N–H and O–H groups in total. The molecule has 0 unspecified atom stereocenters. The monoisotopic (exact) mass is 136 g/mol. The molecule has 0 aromatic heterocycles. The minimum absolute atomic E-state index is 0.747. The number of allylic oxidation sites excluding steroid dienone is 3. The average Bonchev–Trinajstić information content (AvgIpc) is 1.90. The van der Waals surface area contributed by atoms with Crippen molar-refractivity contribution < 1.29 is 0 Å². The van der Waals surface area contributed by atoms with Crippen molar-refractivity contribution in [1.29, 1.82) is 0 Å². The molecule has 0 fully saturated rings. The van der Waals surface area contributed by atoms with Crippen LogP contribution in [0.15, 0.2) is 34.8 Å². The molecule has 0 radical (unpaired) electrons. The molecule has 0 aromatic carbocycles. The molecule has 1 aliphatic rings. The maximum absolute atomic E-state index is 4.09. The summed E-state index contributed by atoms with van der Waals surface area (Å²) in [5.41, 5.74) is 8.19. The maximum Gasteiger partial charge on any atom is 0.0234 e. The molecule has 1 aliphatic carbocycles. The Kier molecular flexibility index (Phi) is 2.02. The first-order valence-corrected chi connectivity index (χ1v) is 3.46. The molecule has 46 valence electrons. The van der Waals surface area contributed by atoms with Gasteiger partial charge in [-0.05, 0) is 24.6 Å². The second kappa shape index (κ2) is 2.80. The largest absolute Gasteiger partial charge is 0.174 e. The summed E-state index contributed by atoms with van der Waals surface area (Å²) in [5, 5.41) is 0. The van der Waals surface area contributed by atoms with E-state index in [-0.39, 0.29) is 0 Å². The van der Waals surface area contributed by atoms with Gasteiger partial charge in [0.1, 0.15) is 0 Å². The summed E-state index contributed by atoms with van der Waals surface area (Å²) in [4.78, 5) is 0. The minimum atomic E-state index is 0.747. The smallest absolute Gasteiger partial charge is 0.0234 e. The lowest BCUT2D eigenvalue weighted by Gasteiger charge is -1.92. The van der Waals surface area contributed by atoms with E-state index in [1.165, 1.54) is 0 Å². The molecule has 0 aliphatic heterocycles. The van der Waals surface area contributed by atoms with Gasteiger partial charge in [-0.15, -0.1) is 0 Å². The van der Waals surface area contributed by atoms with E-state index in [0.29, 0.717) is 0 Å². The lowest BCUT2D eigenvalue weighted by atomic mass is 10.2. The van der Waals surface area contributed by atoms with Crippen molar-refractivity contribution >= 4 is 12.6 Å². The molecule has 0 saturated carbocycles. The Hall–Kier alpha value is -0.610. The molecule has 0 heterocycles. The van der Waals surface area contributed by atoms with E-state index in [0.717, 1.165) is 16.9 Å². The lowest BCUT2D eigenvalue weighted by molar-refractivity contribution is 1.47. The number of hydrogen-bond acceptors (Lipinski definition) is 1. The van der Waals surface area contributed by atoms with Crippen LogP contribution >= 0.6 is 12.6 Å². The Morgan fingerprint density at radius 2 is 2.22 bits per heavy atom. The van der Waals surface area contributed by atoms with Crippen LogP contribution in [0.25, 0.3) is 0 Å². The van der Waals surface area contributed by atoms with Gasteiger partial charge in [0.2, 0.25) is 0 Å². The summed E-state index contributed by atoms with van der Waals surface area (Å²) < 4.78 is 0. The van der Waals surface area contributed by atoms with Gasteiger partial charge in [0.05, 0.1) is 0 Å². The van der Waals surface area contributed by atoms with Gasteiger partial charge in [0.15, 0.2) is 0 Å². The third-order valence-electron chi connectivity index (χ3n) is 1.13. The van der Waals surface area contributed by atoms with Gasteiger partial charge in [0, 0.05) is 11.3 Å². The summed E-state index contributed by atoms with van der Waals surface area (Å²) in [6, 6.07) is 0. The van der Waals surface area contributed by atoms with Crippen molar-refractivity contribution in [3.63, 3.8) is 0 Å². The van der Waals surface area contributed by atoms with Crippen LogP contribution in [-0.4, -0.2) is 5.75 Å². The Balaban J connectivity index is 3.03. The third-order valence-corrected chi connectivity index (χ3v) is 1.47. The van der Waals surface area contributed by atoms with E-state index in [2.05, 4.69) is 24.1 Å². The normalized spacial score (nSPS) is 15.3. The minimum Gasteiger partial charge on any atom is -0.174 e. The van der Waals surface area contributed by atoms with Gasteiger partial charge in [-0.2, -0.15) is 12.6 Å². The summed E-state index contributed by atoms with van der Waals surface area (Å²) in [6.07, 6.45) is 4.03. The molecule has 0 amide bonds. The Bertz CT molecular complexity index is 233. The fourth-order valence-corrected chi connectivity index (χ4v) is 0.764. The molecule has 1 rings (SSSR count). The topological polar surface area (TPSA) is 0 Å². The quantitative estimate of drug-likeness (QED) is 0.414. The predicted molar refractivity (Wildman–Crippen MR) is 42.7 cm³/mol. The summed E-state index contributed by atoms with van der Waals surface area (Å²) in [6.45, 7) is 2.00. The van der Waals surface area contributed by atoms with Gasteiger partial charge < -0.3 is 0 Å². The van der Waals surface area contributed by atoms with Gasteiger partial charge in [-0.25, -0.2) is 0 Å². The van der Waals surface area contributed by atoms with Crippen molar-refractivity contribution in [2.75, 3.05) is 5.75 Å². The highest BCUT2D eigenvalue weighted by Gasteiger charge is 1.88. The van der Waals surface area contributed by atoms with Crippen molar-refractivity contribution in [3.05, 3.63) is 34.8 Å². The number of thiol groups is 1. The van der Waals surface area contributed by atoms with Crippen LogP contribution in [-0.2, 0) is 0 Å². The van der Waals surface area contributed by atoms with Crippen molar-refractivity contribution in [1.82, 2.24) is 0 Å². The van der Waals surface area contributed by atoms with Crippen LogP contribution in [0.1, 0.15) is 6.92 Å². The van der Waals surface area contributed by atoms with Gasteiger partial charge in [0.25, 0.3) is 0 Å². The van der Waals surface area contributed by atoms with E-state index in [9.17, 15) is 0 Å². The summed E-state index contributed by atoms with van der Waals surface area (Å²) >= 11 is 4.09. The first-order valence-electron chi connectivity index (χ1n) is 2.83. The van der Waals surface area contributed by atoms with E-state index < -0.39 is 0 Å². The zero-order chi connectivity index (χ0) is 6.69. The van der Waals surface area contributed by atoms with Gasteiger partial charge in [-0.3, -0.25) is 0 Å². The first kappa shape index (κ1) is 6.51.